The second-order valence-corrected chi connectivity index (χ2v) is 7.96. The Morgan fingerprint density at radius 2 is 1.88 bits per heavy atom. The minimum atomic E-state index is 0.301. The minimum Gasteiger partial charge on any atom is -0.312 e. The lowest BCUT2D eigenvalue weighted by atomic mass is 9.91. The summed E-state index contributed by atoms with van der Waals surface area (Å²) in [5.74, 6) is 1.25. The molecule has 2 aliphatic heterocycles. The number of carbonyl (C=O) groups excluding carboxylic acids is 1. The van der Waals surface area contributed by atoms with E-state index in [0.29, 0.717) is 12.3 Å². The Morgan fingerprint density at radius 3 is 2.64 bits per heavy atom. The number of aryl methyl sites for hydroxylation is 2. The van der Waals surface area contributed by atoms with Crippen LogP contribution in [0.3, 0.4) is 0 Å². The molecule has 0 saturated carbocycles. The van der Waals surface area contributed by atoms with Crippen molar-refractivity contribution in [1.29, 1.82) is 0 Å². The second kappa shape index (κ2) is 8.84. The number of benzene rings is 1. The number of amides is 1. The summed E-state index contributed by atoms with van der Waals surface area (Å²) in [5.41, 5.74) is 3.79. The van der Waals surface area contributed by atoms with Gasteiger partial charge in [-0.15, -0.1) is 0 Å². The molecule has 2 aliphatic rings. The van der Waals surface area contributed by atoms with Gasteiger partial charge in [-0.25, -0.2) is 0 Å². The lowest BCUT2D eigenvalue weighted by molar-refractivity contribution is -0.118. The van der Waals surface area contributed by atoms with Crippen LogP contribution >= 0.6 is 0 Å². The van der Waals surface area contributed by atoms with Crippen LogP contribution in [-0.2, 0) is 11.2 Å². The van der Waals surface area contributed by atoms with E-state index in [0.717, 1.165) is 37.5 Å². The molecule has 0 spiro atoms. The zero-order chi connectivity index (χ0) is 17.6. The molecule has 2 heterocycles. The molecular formula is C22H34N2O. The van der Waals surface area contributed by atoms with Gasteiger partial charge in [0, 0.05) is 18.7 Å². The van der Waals surface area contributed by atoms with Gasteiger partial charge in [0.1, 0.15) is 0 Å². The van der Waals surface area contributed by atoms with Crippen molar-refractivity contribution in [3.05, 3.63) is 29.3 Å². The van der Waals surface area contributed by atoms with Crippen molar-refractivity contribution in [2.75, 3.05) is 31.1 Å². The van der Waals surface area contributed by atoms with E-state index >= 15 is 0 Å². The van der Waals surface area contributed by atoms with E-state index in [9.17, 15) is 4.79 Å². The van der Waals surface area contributed by atoms with Crippen LogP contribution in [0.25, 0.3) is 0 Å². The molecule has 1 aromatic carbocycles. The minimum absolute atomic E-state index is 0.301. The average molecular weight is 343 g/mol. The van der Waals surface area contributed by atoms with Gasteiger partial charge in [0.05, 0.1) is 0 Å². The summed E-state index contributed by atoms with van der Waals surface area (Å²) in [7, 11) is 0. The number of fused-ring (bicyclic) bond motifs is 1. The van der Waals surface area contributed by atoms with Gasteiger partial charge in [-0.1, -0.05) is 43.9 Å². The first-order chi connectivity index (χ1) is 12.2. The number of unbranched alkanes of at least 4 members (excludes halogenated alkanes) is 1. The maximum absolute atomic E-state index is 12.4. The Labute approximate surface area is 153 Å². The van der Waals surface area contributed by atoms with E-state index in [1.165, 1.54) is 56.3 Å². The van der Waals surface area contributed by atoms with Crippen LogP contribution in [0, 0.1) is 12.8 Å². The van der Waals surface area contributed by atoms with Gasteiger partial charge in [0.2, 0.25) is 5.91 Å². The Balaban J connectivity index is 1.46. The molecule has 3 rings (SSSR count). The summed E-state index contributed by atoms with van der Waals surface area (Å²) in [4.78, 5) is 17.0. The number of anilines is 1. The lowest BCUT2D eigenvalue weighted by Crippen LogP contribution is -2.39. The normalized spacial score (nSPS) is 19.3. The van der Waals surface area contributed by atoms with Crippen molar-refractivity contribution < 1.29 is 4.79 Å². The lowest BCUT2D eigenvalue weighted by Gasteiger charge is -2.33. The highest BCUT2D eigenvalue weighted by atomic mass is 16.2. The highest BCUT2D eigenvalue weighted by molar-refractivity contribution is 5.96. The van der Waals surface area contributed by atoms with Crippen LogP contribution in [0.5, 0.6) is 0 Å². The van der Waals surface area contributed by atoms with Crippen LogP contribution in [-0.4, -0.2) is 37.0 Å². The summed E-state index contributed by atoms with van der Waals surface area (Å²) in [5, 5.41) is 0. The van der Waals surface area contributed by atoms with E-state index in [2.05, 4.69) is 36.9 Å². The molecule has 138 valence electrons. The second-order valence-electron chi connectivity index (χ2n) is 7.96. The van der Waals surface area contributed by atoms with Crippen molar-refractivity contribution in [2.24, 2.45) is 5.92 Å². The molecular weight excluding hydrogens is 308 g/mol. The Hall–Kier alpha value is -1.35. The molecule has 25 heavy (non-hydrogen) atoms. The van der Waals surface area contributed by atoms with Gasteiger partial charge in [0.15, 0.2) is 0 Å². The number of likely N-dealkylation sites (tertiary alicyclic amines) is 1. The van der Waals surface area contributed by atoms with Crippen molar-refractivity contribution in [1.82, 2.24) is 4.90 Å². The van der Waals surface area contributed by atoms with Gasteiger partial charge in [-0.2, -0.15) is 0 Å². The predicted octanol–water partition coefficient (Wildman–Crippen LogP) is 4.57. The molecule has 0 aromatic heterocycles. The Bertz CT molecular complexity index is 575. The highest BCUT2D eigenvalue weighted by Crippen LogP contribution is 2.29. The average Bonchev–Trinajstić information content (AvgIpc) is 2.63. The van der Waals surface area contributed by atoms with Crippen molar-refractivity contribution >= 4 is 11.6 Å². The molecule has 1 fully saturated rings. The number of hydrogen-bond acceptors (Lipinski definition) is 2. The number of carbonyl (C=O) groups is 1. The van der Waals surface area contributed by atoms with E-state index in [-0.39, 0.29) is 0 Å². The Kier molecular flexibility index (Phi) is 6.52. The maximum Gasteiger partial charge on any atom is 0.227 e. The van der Waals surface area contributed by atoms with E-state index in [4.69, 9.17) is 0 Å². The van der Waals surface area contributed by atoms with E-state index < -0.39 is 0 Å². The Morgan fingerprint density at radius 1 is 1.08 bits per heavy atom. The summed E-state index contributed by atoms with van der Waals surface area (Å²) >= 11 is 0. The van der Waals surface area contributed by atoms with Crippen molar-refractivity contribution in [3.63, 3.8) is 0 Å². The molecule has 0 aliphatic carbocycles. The summed E-state index contributed by atoms with van der Waals surface area (Å²) < 4.78 is 0. The molecule has 0 unspecified atom stereocenters. The molecule has 0 atom stereocenters. The molecule has 1 aromatic rings. The predicted molar refractivity (Wildman–Crippen MR) is 105 cm³/mol. The highest BCUT2D eigenvalue weighted by Gasteiger charge is 2.24. The fourth-order valence-corrected chi connectivity index (χ4v) is 4.38. The van der Waals surface area contributed by atoms with Crippen molar-refractivity contribution in [3.8, 4) is 0 Å². The fraction of sp³-hybridized carbons (Fsp3) is 0.682. The first kappa shape index (κ1) is 18.4. The third kappa shape index (κ3) is 4.84. The SMILES string of the molecule is CCCCC1CCN(CCCN2C(=O)CCc3cc(C)ccc32)CC1. The summed E-state index contributed by atoms with van der Waals surface area (Å²) in [6.45, 7) is 8.91. The quantitative estimate of drug-likeness (QED) is 0.725. The molecule has 0 radical (unpaired) electrons. The van der Waals surface area contributed by atoms with Crippen LogP contribution < -0.4 is 4.90 Å². The van der Waals surface area contributed by atoms with E-state index in [1.54, 1.807) is 0 Å². The standard InChI is InChI=1S/C22H34N2O/c1-3-4-6-19-11-15-23(16-12-19)13-5-14-24-21-9-7-18(2)17-20(21)8-10-22(24)25/h7,9,17,19H,3-6,8,10-16H2,1-2H3. The van der Waals surface area contributed by atoms with Crippen molar-refractivity contribution in [2.45, 2.75) is 65.2 Å². The summed E-state index contributed by atoms with van der Waals surface area (Å²) in [6.07, 6.45) is 9.51. The molecule has 1 amide bonds. The number of nitrogens with zero attached hydrogens (tertiary/aromatic N) is 2. The van der Waals surface area contributed by atoms with Gasteiger partial charge in [-0.05, 0) is 69.8 Å². The third-order valence-corrected chi connectivity index (χ3v) is 5.96. The van der Waals surface area contributed by atoms with Gasteiger partial charge >= 0.3 is 0 Å². The maximum atomic E-state index is 12.4. The number of hydrogen-bond donors (Lipinski definition) is 0. The molecule has 3 heteroatoms. The third-order valence-electron chi connectivity index (χ3n) is 5.96. The fourth-order valence-electron chi connectivity index (χ4n) is 4.38. The molecule has 3 nitrogen and oxygen atoms in total. The first-order valence-electron chi connectivity index (χ1n) is 10.3. The topological polar surface area (TPSA) is 23.6 Å². The zero-order valence-electron chi connectivity index (χ0n) is 16.1. The molecule has 0 bridgehead atoms. The van der Waals surface area contributed by atoms with Crippen LogP contribution in [0.2, 0.25) is 0 Å². The molecule has 1 saturated heterocycles. The number of rotatable bonds is 7. The zero-order valence-corrected chi connectivity index (χ0v) is 16.1. The van der Waals surface area contributed by atoms with Crippen LogP contribution in [0.15, 0.2) is 18.2 Å². The first-order valence-corrected chi connectivity index (χ1v) is 10.3. The summed E-state index contributed by atoms with van der Waals surface area (Å²) in [6, 6.07) is 6.52. The molecule has 0 N–H and O–H groups in total. The van der Waals surface area contributed by atoms with Gasteiger partial charge in [-0.3, -0.25) is 4.79 Å². The van der Waals surface area contributed by atoms with Crippen LogP contribution in [0.1, 0.15) is 63.0 Å². The number of piperidine rings is 1. The van der Waals surface area contributed by atoms with E-state index in [1.807, 2.05) is 4.90 Å². The monoisotopic (exact) mass is 342 g/mol. The van der Waals surface area contributed by atoms with Gasteiger partial charge in [0.25, 0.3) is 0 Å². The van der Waals surface area contributed by atoms with Crippen LogP contribution in [0.4, 0.5) is 5.69 Å². The van der Waals surface area contributed by atoms with Gasteiger partial charge < -0.3 is 9.80 Å². The smallest absolute Gasteiger partial charge is 0.227 e. The largest absolute Gasteiger partial charge is 0.312 e.